The van der Waals surface area contributed by atoms with Crippen molar-refractivity contribution < 1.29 is 9.53 Å². The Morgan fingerprint density at radius 2 is 1.77 bits per heavy atom. The Bertz CT molecular complexity index is 775. The van der Waals surface area contributed by atoms with Crippen LogP contribution in [0.3, 0.4) is 0 Å². The van der Waals surface area contributed by atoms with Gasteiger partial charge in [-0.05, 0) is 50.9 Å². The topological polar surface area (TPSA) is 41.6 Å². The van der Waals surface area contributed by atoms with Crippen molar-refractivity contribution in [3.63, 3.8) is 0 Å². The molecule has 2 aliphatic carbocycles. The molecule has 0 saturated heterocycles. The second-order valence-electron chi connectivity index (χ2n) is 7.67. The molecule has 26 heavy (non-hydrogen) atoms. The molecule has 4 rings (SSSR count). The summed E-state index contributed by atoms with van der Waals surface area (Å²) in [4.78, 5) is 14.9. The average Bonchev–Trinajstić information content (AvgIpc) is 3.20. The van der Waals surface area contributed by atoms with Crippen molar-refractivity contribution in [2.24, 2.45) is 11.8 Å². The summed E-state index contributed by atoms with van der Waals surface area (Å²) in [5.41, 5.74) is 2.88. The Morgan fingerprint density at radius 3 is 2.50 bits per heavy atom. The molecule has 2 saturated carbocycles. The largest absolute Gasteiger partial charge is 0.445 e. The maximum absolute atomic E-state index is 12.6. The number of hydrogen-bond acceptors (Lipinski definition) is 3. The van der Waals surface area contributed by atoms with Gasteiger partial charge < -0.3 is 9.64 Å². The van der Waals surface area contributed by atoms with Gasteiger partial charge in [0.2, 0.25) is 0 Å². The minimum absolute atomic E-state index is 0.0475. The fourth-order valence-corrected chi connectivity index (χ4v) is 4.73. The van der Waals surface area contributed by atoms with E-state index in [1.165, 1.54) is 6.42 Å². The van der Waals surface area contributed by atoms with Crippen molar-refractivity contribution in [1.29, 1.82) is 0 Å². The van der Waals surface area contributed by atoms with Gasteiger partial charge in [0.05, 0.1) is 5.69 Å². The standard InChI is InChI=1S/C22H26N2O2/c1-24(2)20-14-16-12-13-18(20)21(16)26-22(25)23-19-11-7-6-10-17(19)15-8-4-3-5-9-15/h3-11,16,18,20-21H,12-14H2,1-2H3,(H,23,25)/t16?,18?,20-,21+/m0/s1. The third-order valence-electron chi connectivity index (χ3n) is 5.95. The van der Waals surface area contributed by atoms with E-state index < -0.39 is 0 Å². The normalized spacial score (nSPS) is 26.9. The van der Waals surface area contributed by atoms with Crippen LogP contribution in [0.25, 0.3) is 11.1 Å². The number of fused-ring (bicyclic) bond motifs is 2. The predicted octanol–water partition coefficient (Wildman–Crippen LogP) is 4.63. The minimum atomic E-state index is -0.338. The molecule has 4 nitrogen and oxygen atoms in total. The lowest BCUT2D eigenvalue weighted by molar-refractivity contribution is 0.0749. The number of amides is 1. The van der Waals surface area contributed by atoms with Crippen molar-refractivity contribution in [3.8, 4) is 11.1 Å². The molecule has 136 valence electrons. The first-order valence-electron chi connectivity index (χ1n) is 9.42. The Balaban J connectivity index is 1.47. The van der Waals surface area contributed by atoms with Gasteiger partial charge in [-0.1, -0.05) is 48.5 Å². The van der Waals surface area contributed by atoms with Crippen LogP contribution in [-0.4, -0.2) is 37.2 Å². The van der Waals surface area contributed by atoms with Crippen molar-refractivity contribution in [1.82, 2.24) is 4.90 Å². The van der Waals surface area contributed by atoms with E-state index in [-0.39, 0.29) is 12.2 Å². The minimum Gasteiger partial charge on any atom is -0.445 e. The van der Waals surface area contributed by atoms with Crippen LogP contribution in [0.15, 0.2) is 54.6 Å². The van der Waals surface area contributed by atoms with Gasteiger partial charge in [0.1, 0.15) is 6.10 Å². The highest BCUT2D eigenvalue weighted by molar-refractivity contribution is 5.91. The number of carbonyl (C=O) groups is 1. The molecule has 2 aliphatic rings. The van der Waals surface area contributed by atoms with Crippen LogP contribution in [0.4, 0.5) is 10.5 Å². The third-order valence-corrected chi connectivity index (χ3v) is 5.95. The van der Waals surface area contributed by atoms with Gasteiger partial charge in [0.15, 0.2) is 0 Å². The van der Waals surface area contributed by atoms with Crippen molar-refractivity contribution in [2.75, 3.05) is 19.4 Å². The highest BCUT2D eigenvalue weighted by Crippen LogP contribution is 2.48. The summed E-state index contributed by atoms with van der Waals surface area (Å²) in [5.74, 6) is 0.965. The summed E-state index contributed by atoms with van der Waals surface area (Å²) < 4.78 is 5.90. The molecule has 4 atom stereocenters. The van der Waals surface area contributed by atoms with E-state index in [9.17, 15) is 4.79 Å². The molecule has 2 unspecified atom stereocenters. The van der Waals surface area contributed by atoms with Gasteiger partial charge in [-0.25, -0.2) is 4.79 Å². The quantitative estimate of drug-likeness (QED) is 0.874. The first-order chi connectivity index (χ1) is 12.6. The molecular weight excluding hydrogens is 324 g/mol. The number of ether oxygens (including phenoxy) is 1. The molecule has 0 spiro atoms. The van der Waals surface area contributed by atoms with Gasteiger partial charge in [0.25, 0.3) is 0 Å². The first kappa shape index (κ1) is 17.1. The number of nitrogens with one attached hydrogen (secondary N) is 1. The summed E-state index contributed by atoms with van der Waals surface area (Å²) in [7, 11) is 4.25. The number of hydrogen-bond donors (Lipinski definition) is 1. The zero-order valence-electron chi connectivity index (χ0n) is 15.4. The molecule has 0 aromatic heterocycles. The fraction of sp³-hybridized carbons (Fsp3) is 0.409. The van der Waals surface area contributed by atoms with Crippen LogP contribution in [0.1, 0.15) is 19.3 Å². The highest BCUT2D eigenvalue weighted by atomic mass is 16.6. The summed E-state index contributed by atoms with van der Waals surface area (Å²) in [6.45, 7) is 0. The summed E-state index contributed by atoms with van der Waals surface area (Å²) in [6.07, 6.45) is 3.18. The second kappa shape index (κ2) is 7.12. The summed E-state index contributed by atoms with van der Waals surface area (Å²) in [5, 5.41) is 2.97. The average molecular weight is 350 g/mol. The molecule has 2 aromatic carbocycles. The van der Waals surface area contributed by atoms with Crippen molar-refractivity contribution >= 4 is 11.8 Å². The third kappa shape index (κ3) is 3.21. The predicted molar refractivity (Wildman–Crippen MR) is 104 cm³/mol. The maximum Gasteiger partial charge on any atom is 0.411 e. The Morgan fingerprint density at radius 1 is 1.04 bits per heavy atom. The van der Waals surface area contributed by atoms with Crippen molar-refractivity contribution in [2.45, 2.75) is 31.4 Å². The van der Waals surface area contributed by atoms with Crippen LogP contribution in [0.2, 0.25) is 0 Å². The molecule has 0 radical (unpaired) electrons. The molecule has 4 heteroatoms. The monoisotopic (exact) mass is 350 g/mol. The lowest BCUT2D eigenvalue weighted by Crippen LogP contribution is -2.35. The number of anilines is 1. The van der Waals surface area contributed by atoms with Crippen LogP contribution in [0.5, 0.6) is 0 Å². The number of carbonyl (C=O) groups excluding carboxylic acids is 1. The Kier molecular flexibility index (Phi) is 4.68. The Hall–Kier alpha value is -2.33. The summed E-state index contributed by atoms with van der Waals surface area (Å²) in [6, 6.07) is 18.5. The number of rotatable bonds is 4. The second-order valence-corrected chi connectivity index (χ2v) is 7.67. The van der Waals surface area contributed by atoms with Crippen molar-refractivity contribution in [3.05, 3.63) is 54.6 Å². The lowest BCUT2D eigenvalue weighted by atomic mass is 9.95. The molecule has 1 N–H and O–H groups in total. The Labute approximate surface area is 155 Å². The molecule has 2 aromatic rings. The summed E-state index contributed by atoms with van der Waals surface area (Å²) >= 11 is 0. The van der Waals surface area contributed by atoms with E-state index in [1.807, 2.05) is 54.6 Å². The molecule has 0 heterocycles. The van der Waals surface area contributed by atoms with Gasteiger partial charge in [0, 0.05) is 17.5 Å². The zero-order chi connectivity index (χ0) is 18.1. The van der Waals surface area contributed by atoms with Crippen LogP contribution >= 0.6 is 0 Å². The molecule has 1 amide bonds. The molecule has 2 fully saturated rings. The first-order valence-corrected chi connectivity index (χ1v) is 9.42. The van der Waals surface area contributed by atoms with Gasteiger partial charge in [-0.2, -0.15) is 0 Å². The van der Waals surface area contributed by atoms with E-state index in [0.29, 0.717) is 17.9 Å². The van der Waals surface area contributed by atoms with E-state index in [2.05, 4.69) is 24.3 Å². The van der Waals surface area contributed by atoms with E-state index in [0.717, 1.165) is 29.7 Å². The van der Waals surface area contributed by atoms with Crippen LogP contribution in [0, 0.1) is 11.8 Å². The van der Waals surface area contributed by atoms with E-state index in [1.54, 1.807) is 0 Å². The molecule has 2 bridgehead atoms. The number of para-hydroxylation sites is 1. The zero-order valence-corrected chi connectivity index (χ0v) is 15.4. The molecular formula is C22H26N2O2. The van der Waals surface area contributed by atoms with E-state index >= 15 is 0 Å². The lowest BCUT2D eigenvalue weighted by Gasteiger charge is -2.28. The van der Waals surface area contributed by atoms with Crippen LogP contribution < -0.4 is 5.32 Å². The highest BCUT2D eigenvalue weighted by Gasteiger charge is 2.50. The SMILES string of the molecule is CN(C)[C@H]1CC2CCC1[C@@H]2OC(=O)Nc1ccccc1-c1ccccc1. The molecule has 0 aliphatic heterocycles. The fourth-order valence-electron chi connectivity index (χ4n) is 4.73. The van der Waals surface area contributed by atoms with Gasteiger partial charge in [-0.15, -0.1) is 0 Å². The van der Waals surface area contributed by atoms with Crippen LogP contribution in [-0.2, 0) is 4.74 Å². The maximum atomic E-state index is 12.6. The smallest absolute Gasteiger partial charge is 0.411 e. The number of benzene rings is 2. The number of nitrogens with zero attached hydrogens (tertiary/aromatic N) is 1. The van der Waals surface area contributed by atoms with Gasteiger partial charge in [-0.3, -0.25) is 5.32 Å². The van der Waals surface area contributed by atoms with Gasteiger partial charge >= 0.3 is 6.09 Å². The van der Waals surface area contributed by atoms with E-state index in [4.69, 9.17) is 4.74 Å².